The number of aliphatic hydroxyl groups is 1. The van der Waals surface area contributed by atoms with E-state index in [9.17, 15) is 9.90 Å². The SMILES string of the molecule is CCN(CC(C)(C)O)C(=O)C=Cc1ccc(Br)cc1. The molecular formula is C15H20BrNO2. The minimum Gasteiger partial charge on any atom is -0.389 e. The van der Waals surface area contributed by atoms with Gasteiger partial charge in [0.15, 0.2) is 0 Å². The highest BCUT2D eigenvalue weighted by atomic mass is 79.9. The zero-order valence-electron chi connectivity index (χ0n) is 11.6. The van der Waals surface area contributed by atoms with Crippen LogP contribution >= 0.6 is 15.9 Å². The molecule has 0 spiro atoms. The lowest BCUT2D eigenvalue weighted by atomic mass is 10.1. The van der Waals surface area contributed by atoms with Crippen LogP contribution in [0.15, 0.2) is 34.8 Å². The van der Waals surface area contributed by atoms with Crippen molar-refractivity contribution in [2.24, 2.45) is 0 Å². The number of carbonyl (C=O) groups excluding carboxylic acids is 1. The van der Waals surface area contributed by atoms with E-state index in [2.05, 4.69) is 15.9 Å². The Morgan fingerprint density at radius 1 is 1.37 bits per heavy atom. The van der Waals surface area contributed by atoms with Crippen LogP contribution in [-0.2, 0) is 4.79 Å². The molecule has 0 aliphatic rings. The molecule has 3 nitrogen and oxygen atoms in total. The maximum atomic E-state index is 12.0. The van der Waals surface area contributed by atoms with E-state index < -0.39 is 5.60 Å². The summed E-state index contributed by atoms with van der Waals surface area (Å²) in [5.74, 6) is -0.0902. The minimum atomic E-state index is -0.878. The van der Waals surface area contributed by atoms with Gasteiger partial charge in [-0.1, -0.05) is 28.1 Å². The molecule has 0 radical (unpaired) electrons. The van der Waals surface area contributed by atoms with Gasteiger partial charge in [-0.3, -0.25) is 4.79 Å². The van der Waals surface area contributed by atoms with E-state index in [-0.39, 0.29) is 5.91 Å². The van der Waals surface area contributed by atoms with Crippen molar-refractivity contribution in [2.75, 3.05) is 13.1 Å². The van der Waals surface area contributed by atoms with Crippen molar-refractivity contribution >= 4 is 27.9 Å². The fourth-order valence-electron chi connectivity index (χ4n) is 1.66. The Morgan fingerprint density at radius 2 is 1.95 bits per heavy atom. The third-order valence-electron chi connectivity index (χ3n) is 2.56. The third kappa shape index (κ3) is 6.03. The summed E-state index contributed by atoms with van der Waals surface area (Å²) in [6.45, 7) is 6.19. The van der Waals surface area contributed by atoms with Crippen molar-refractivity contribution in [3.05, 3.63) is 40.4 Å². The second-order valence-electron chi connectivity index (χ2n) is 5.05. The summed E-state index contributed by atoms with van der Waals surface area (Å²) in [7, 11) is 0. The zero-order chi connectivity index (χ0) is 14.5. The van der Waals surface area contributed by atoms with Crippen LogP contribution < -0.4 is 0 Å². The Labute approximate surface area is 123 Å². The molecule has 0 aliphatic carbocycles. The number of carbonyl (C=O) groups is 1. The van der Waals surface area contributed by atoms with E-state index in [0.29, 0.717) is 13.1 Å². The molecular weight excluding hydrogens is 306 g/mol. The summed E-state index contributed by atoms with van der Waals surface area (Å²) in [6.07, 6.45) is 3.32. The zero-order valence-corrected chi connectivity index (χ0v) is 13.1. The van der Waals surface area contributed by atoms with Gasteiger partial charge in [-0.05, 0) is 44.5 Å². The maximum absolute atomic E-state index is 12.0. The maximum Gasteiger partial charge on any atom is 0.246 e. The van der Waals surface area contributed by atoms with Gasteiger partial charge in [0.05, 0.1) is 5.60 Å². The average molecular weight is 326 g/mol. The van der Waals surface area contributed by atoms with Crippen molar-refractivity contribution in [1.82, 2.24) is 4.90 Å². The monoisotopic (exact) mass is 325 g/mol. The smallest absolute Gasteiger partial charge is 0.246 e. The Morgan fingerprint density at radius 3 is 2.42 bits per heavy atom. The molecule has 4 heteroatoms. The standard InChI is InChI=1S/C15H20BrNO2/c1-4-17(11-15(2,3)19)14(18)10-7-12-5-8-13(16)9-6-12/h5-10,19H,4,11H2,1-3H3. The van der Waals surface area contributed by atoms with E-state index in [4.69, 9.17) is 0 Å². The summed E-state index contributed by atoms with van der Waals surface area (Å²) < 4.78 is 1.01. The topological polar surface area (TPSA) is 40.5 Å². The van der Waals surface area contributed by atoms with Crippen LogP contribution in [-0.4, -0.2) is 34.6 Å². The molecule has 0 aliphatic heterocycles. The lowest BCUT2D eigenvalue weighted by Gasteiger charge is -2.27. The van der Waals surface area contributed by atoms with Gasteiger partial charge < -0.3 is 10.0 Å². The summed E-state index contributed by atoms with van der Waals surface area (Å²) in [5.41, 5.74) is 0.0905. The molecule has 104 valence electrons. The Kier molecular flexibility index (Phi) is 5.76. The van der Waals surface area contributed by atoms with Crippen LogP contribution in [0.25, 0.3) is 6.08 Å². The summed E-state index contributed by atoms with van der Waals surface area (Å²) in [4.78, 5) is 13.6. The van der Waals surface area contributed by atoms with Crippen LogP contribution in [0.1, 0.15) is 26.3 Å². The van der Waals surface area contributed by atoms with E-state index in [1.165, 1.54) is 0 Å². The number of benzene rings is 1. The van der Waals surface area contributed by atoms with Crippen LogP contribution in [0, 0.1) is 0 Å². The van der Waals surface area contributed by atoms with Gasteiger partial charge in [0.2, 0.25) is 5.91 Å². The molecule has 1 aromatic carbocycles. The Bertz CT molecular complexity index is 446. The molecule has 0 heterocycles. The van der Waals surface area contributed by atoms with Crippen molar-refractivity contribution < 1.29 is 9.90 Å². The minimum absolute atomic E-state index is 0.0902. The van der Waals surface area contributed by atoms with Gasteiger partial charge in [0.25, 0.3) is 0 Å². The molecule has 0 saturated heterocycles. The van der Waals surface area contributed by atoms with Crippen LogP contribution in [0.5, 0.6) is 0 Å². The van der Waals surface area contributed by atoms with Crippen molar-refractivity contribution in [3.8, 4) is 0 Å². The first-order valence-electron chi connectivity index (χ1n) is 6.27. The molecule has 0 bridgehead atoms. The van der Waals surface area contributed by atoms with E-state index in [1.807, 2.05) is 31.2 Å². The van der Waals surface area contributed by atoms with Crippen molar-refractivity contribution in [3.63, 3.8) is 0 Å². The van der Waals surface area contributed by atoms with Gasteiger partial charge in [0, 0.05) is 23.6 Å². The predicted molar refractivity (Wildman–Crippen MR) is 81.7 cm³/mol. The van der Waals surface area contributed by atoms with Gasteiger partial charge in [-0.2, -0.15) is 0 Å². The second kappa shape index (κ2) is 6.87. The first kappa shape index (κ1) is 15.9. The number of nitrogens with zero attached hydrogens (tertiary/aromatic N) is 1. The molecule has 1 N–H and O–H groups in total. The number of hydrogen-bond acceptors (Lipinski definition) is 2. The number of likely N-dealkylation sites (N-methyl/N-ethyl adjacent to an activating group) is 1. The Hall–Kier alpha value is -1.13. The lowest BCUT2D eigenvalue weighted by Crippen LogP contribution is -2.41. The van der Waals surface area contributed by atoms with Crippen LogP contribution in [0.2, 0.25) is 0 Å². The molecule has 1 aromatic rings. The highest BCUT2D eigenvalue weighted by Gasteiger charge is 2.19. The van der Waals surface area contributed by atoms with E-state index in [1.54, 1.807) is 30.9 Å². The van der Waals surface area contributed by atoms with Crippen LogP contribution in [0.3, 0.4) is 0 Å². The Balaban J connectivity index is 2.69. The van der Waals surface area contributed by atoms with Gasteiger partial charge >= 0.3 is 0 Å². The predicted octanol–water partition coefficient (Wildman–Crippen LogP) is 3.08. The molecule has 0 saturated carbocycles. The van der Waals surface area contributed by atoms with Gasteiger partial charge in [-0.25, -0.2) is 0 Å². The molecule has 0 unspecified atom stereocenters. The van der Waals surface area contributed by atoms with Crippen molar-refractivity contribution in [1.29, 1.82) is 0 Å². The average Bonchev–Trinajstić information content (AvgIpc) is 2.34. The van der Waals surface area contributed by atoms with Crippen LogP contribution in [0.4, 0.5) is 0 Å². The first-order valence-corrected chi connectivity index (χ1v) is 7.06. The quantitative estimate of drug-likeness (QED) is 0.845. The van der Waals surface area contributed by atoms with E-state index >= 15 is 0 Å². The fourth-order valence-corrected chi connectivity index (χ4v) is 1.92. The molecule has 0 atom stereocenters. The summed E-state index contributed by atoms with van der Waals surface area (Å²) >= 11 is 3.37. The molecule has 1 amide bonds. The normalized spacial score (nSPS) is 11.8. The van der Waals surface area contributed by atoms with Gasteiger partial charge in [-0.15, -0.1) is 0 Å². The summed E-state index contributed by atoms with van der Waals surface area (Å²) in [5, 5.41) is 9.76. The fraction of sp³-hybridized carbons (Fsp3) is 0.400. The second-order valence-corrected chi connectivity index (χ2v) is 5.97. The van der Waals surface area contributed by atoms with E-state index in [0.717, 1.165) is 10.0 Å². The number of halogens is 1. The molecule has 1 rings (SSSR count). The molecule has 0 aromatic heterocycles. The largest absolute Gasteiger partial charge is 0.389 e. The van der Waals surface area contributed by atoms with Gasteiger partial charge in [0.1, 0.15) is 0 Å². The highest BCUT2D eigenvalue weighted by Crippen LogP contribution is 2.12. The number of amides is 1. The molecule has 19 heavy (non-hydrogen) atoms. The molecule has 0 fully saturated rings. The number of hydrogen-bond donors (Lipinski definition) is 1. The third-order valence-corrected chi connectivity index (χ3v) is 3.09. The lowest BCUT2D eigenvalue weighted by molar-refractivity contribution is -0.128. The summed E-state index contributed by atoms with van der Waals surface area (Å²) in [6, 6.07) is 7.72. The highest BCUT2D eigenvalue weighted by molar-refractivity contribution is 9.10. The first-order chi connectivity index (χ1) is 8.81. The van der Waals surface area contributed by atoms with Crippen molar-refractivity contribution in [2.45, 2.75) is 26.4 Å². The number of rotatable bonds is 5.